The van der Waals surface area contributed by atoms with Crippen molar-refractivity contribution in [3.05, 3.63) is 0 Å². The average molecular weight is 243 g/mol. The van der Waals surface area contributed by atoms with Crippen molar-refractivity contribution in [2.24, 2.45) is 5.41 Å². The molecule has 1 aliphatic heterocycles. The standard InChI is InChI=1S/C13H25NO3/c1-11-10-14(8-5-9-17-11)7-4-6-13(2,3)12(15)16/h11H,4-10H2,1-3H3,(H,15,16). The number of rotatable bonds is 5. The predicted molar refractivity (Wildman–Crippen MR) is 67.1 cm³/mol. The molecule has 1 aliphatic rings. The van der Waals surface area contributed by atoms with Gasteiger partial charge in [-0.25, -0.2) is 0 Å². The minimum atomic E-state index is -0.704. The van der Waals surface area contributed by atoms with Gasteiger partial charge in [-0.15, -0.1) is 0 Å². The van der Waals surface area contributed by atoms with E-state index >= 15 is 0 Å². The lowest BCUT2D eigenvalue weighted by molar-refractivity contribution is -0.147. The Bertz CT molecular complexity index is 253. The maximum atomic E-state index is 11.0. The third-order valence-electron chi connectivity index (χ3n) is 3.39. The summed E-state index contributed by atoms with van der Waals surface area (Å²) < 4.78 is 5.58. The Labute approximate surface area is 104 Å². The Hall–Kier alpha value is -0.610. The number of hydrogen-bond acceptors (Lipinski definition) is 3. The number of ether oxygens (including phenoxy) is 1. The molecule has 0 amide bonds. The highest BCUT2D eigenvalue weighted by Gasteiger charge is 2.26. The van der Waals surface area contributed by atoms with Crippen molar-refractivity contribution in [3.63, 3.8) is 0 Å². The Morgan fingerprint density at radius 3 is 2.88 bits per heavy atom. The minimum absolute atomic E-state index is 0.296. The molecule has 0 radical (unpaired) electrons. The van der Waals surface area contributed by atoms with E-state index in [0.717, 1.165) is 45.5 Å². The Kier molecular flexibility index (Phi) is 5.40. The van der Waals surface area contributed by atoms with Gasteiger partial charge < -0.3 is 14.7 Å². The Balaban J connectivity index is 2.28. The van der Waals surface area contributed by atoms with E-state index in [1.165, 1.54) is 0 Å². The van der Waals surface area contributed by atoms with Gasteiger partial charge in [-0.1, -0.05) is 0 Å². The molecule has 0 spiro atoms. The number of carboxylic acid groups (broad SMARTS) is 1. The van der Waals surface area contributed by atoms with E-state index < -0.39 is 11.4 Å². The van der Waals surface area contributed by atoms with Crippen LogP contribution in [-0.2, 0) is 9.53 Å². The van der Waals surface area contributed by atoms with E-state index in [2.05, 4.69) is 11.8 Å². The number of carbonyl (C=O) groups is 1. The topological polar surface area (TPSA) is 49.8 Å². The molecule has 0 saturated carbocycles. The van der Waals surface area contributed by atoms with E-state index in [9.17, 15) is 4.79 Å². The first-order chi connectivity index (χ1) is 7.92. The van der Waals surface area contributed by atoms with Crippen LogP contribution < -0.4 is 0 Å². The molecule has 1 heterocycles. The Morgan fingerprint density at radius 1 is 1.53 bits per heavy atom. The zero-order valence-electron chi connectivity index (χ0n) is 11.2. The summed E-state index contributed by atoms with van der Waals surface area (Å²) in [5.41, 5.74) is -0.603. The number of hydrogen-bond donors (Lipinski definition) is 1. The van der Waals surface area contributed by atoms with Crippen LogP contribution in [0.25, 0.3) is 0 Å². The van der Waals surface area contributed by atoms with Crippen LogP contribution in [0, 0.1) is 5.41 Å². The second kappa shape index (κ2) is 6.36. The zero-order chi connectivity index (χ0) is 12.9. The van der Waals surface area contributed by atoms with Gasteiger partial charge >= 0.3 is 5.97 Å². The van der Waals surface area contributed by atoms with Gasteiger partial charge in [-0.3, -0.25) is 4.79 Å². The zero-order valence-corrected chi connectivity index (χ0v) is 11.2. The van der Waals surface area contributed by atoms with Crippen molar-refractivity contribution >= 4 is 5.97 Å². The first-order valence-electron chi connectivity index (χ1n) is 6.49. The first kappa shape index (κ1) is 14.5. The van der Waals surface area contributed by atoms with E-state index in [-0.39, 0.29) is 0 Å². The fourth-order valence-electron chi connectivity index (χ4n) is 2.13. The van der Waals surface area contributed by atoms with Crippen molar-refractivity contribution in [1.82, 2.24) is 4.90 Å². The Morgan fingerprint density at radius 2 is 2.24 bits per heavy atom. The summed E-state index contributed by atoms with van der Waals surface area (Å²) in [5, 5.41) is 9.03. The lowest BCUT2D eigenvalue weighted by Crippen LogP contribution is -2.32. The minimum Gasteiger partial charge on any atom is -0.481 e. The number of carboxylic acids is 1. The van der Waals surface area contributed by atoms with E-state index in [1.807, 2.05) is 0 Å². The average Bonchev–Trinajstić information content (AvgIpc) is 2.42. The van der Waals surface area contributed by atoms with Crippen LogP contribution in [0.2, 0.25) is 0 Å². The molecule has 1 rings (SSSR count). The summed E-state index contributed by atoms with van der Waals surface area (Å²) in [6, 6.07) is 0. The van der Waals surface area contributed by atoms with Crippen LogP contribution in [0.5, 0.6) is 0 Å². The second-order valence-electron chi connectivity index (χ2n) is 5.63. The van der Waals surface area contributed by atoms with Gasteiger partial charge in [0.25, 0.3) is 0 Å². The summed E-state index contributed by atoms with van der Waals surface area (Å²) in [6.07, 6.45) is 3.04. The molecule has 1 unspecified atom stereocenters. The van der Waals surface area contributed by atoms with Crippen molar-refractivity contribution in [2.45, 2.75) is 46.1 Å². The van der Waals surface area contributed by atoms with Crippen molar-refractivity contribution < 1.29 is 14.6 Å². The second-order valence-corrected chi connectivity index (χ2v) is 5.63. The third-order valence-corrected chi connectivity index (χ3v) is 3.39. The highest BCUT2D eigenvalue weighted by atomic mass is 16.5. The molecule has 1 saturated heterocycles. The largest absolute Gasteiger partial charge is 0.481 e. The molecule has 0 aromatic heterocycles. The van der Waals surface area contributed by atoms with Gasteiger partial charge in [0.05, 0.1) is 11.5 Å². The molecule has 100 valence electrons. The van der Waals surface area contributed by atoms with Crippen LogP contribution in [0.3, 0.4) is 0 Å². The quantitative estimate of drug-likeness (QED) is 0.802. The number of nitrogens with zero attached hydrogens (tertiary/aromatic N) is 1. The van der Waals surface area contributed by atoms with Gasteiger partial charge in [-0.05, 0) is 46.6 Å². The molecular weight excluding hydrogens is 218 g/mol. The third kappa shape index (κ3) is 5.04. The molecule has 17 heavy (non-hydrogen) atoms. The predicted octanol–water partition coefficient (Wildman–Crippen LogP) is 1.99. The molecule has 4 heteroatoms. The smallest absolute Gasteiger partial charge is 0.309 e. The van der Waals surface area contributed by atoms with Crippen LogP contribution in [0.4, 0.5) is 0 Å². The summed E-state index contributed by atoms with van der Waals surface area (Å²) in [5.74, 6) is -0.704. The SMILES string of the molecule is CC1CN(CCCC(C)(C)C(=O)O)CCCO1. The molecule has 0 aliphatic carbocycles. The normalized spacial score (nSPS) is 23.4. The van der Waals surface area contributed by atoms with Crippen molar-refractivity contribution in [3.8, 4) is 0 Å². The monoisotopic (exact) mass is 243 g/mol. The fourth-order valence-corrected chi connectivity index (χ4v) is 2.13. The van der Waals surface area contributed by atoms with Gasteiger partial charge in [-0.2, -0.15) is 0 Å². The van der Waals surface area contributed by atoms with Gasteiger partial charge in [0, 0.05) is 19.7 Å². The lowest BCUT2D eigenvalue weighted by Gasteiger charge is -2.24. The molecule has 0 aromatic rings. The highest BCUT2D eigenvalue weighted by molar-refractivity contribution is 5.73. The van der Waals surface area contributed by atoms with E-state index in [4.69, 9.17) is 9.84 Å². The fraction of sp³-hybridized carbons (Fsp3) is 0.923. The van der Waals surface area contributed by atoms with Crippen LogP contribution in [0.15, 0.2) is 0 Å². The van der Waals surface area contributed by atoms with Crippen LogP contribution in [-0.4, -0.2) is 48.3 Å². The molecule has 1 fully saturated rings. The molecule has 4 nitrogen and oxygen atoms in total. The summed E-state index contributed by atoms with van der Waals surface area (Å²) in [6.45, 7) is 9.54. The summed E-state index contributed by atoms with van der Waals surface area (Å²) in [7, 11) is 0. The van der Waals surface area contributed by atoms with Crippen LogP contribution >= 0.6 is 0 Å². The summed E-state index contributed by atoms with van der Waals surface area (Å²) >= 11 is 0. The van der Waals surface area contributed by atoms with E-state index in [0.29, 0.717) is 6.10 Å². The maximum absolute atomic E-state index is 11.0. The van der Waals surface area contributed by atoms with Gasteiger partial charge in [0.15, 0.2) is 0 Å². The molecule has 1 atom stereocenters. The van der Waals surface area contributed by atoms with Crippen molar-refractivity contribution in [1.29, 1.82) is 0 Å². The van der Waals surface area contributed by atoms with Crippen molar-refractivity contribution in [2.75, 3.05) is 26.2 Å². The summed E-state index contributed by atoms with van der Waals surface area (Å²) in [4.78, 5) is 13.4. The molecule has 1 N–H and O–H groups in total. The van der Waals surface area contributed by atoms with Gasteiger partial charge in [0.1, 0.15) is 0 Å². The lowest BCUT2D eigenvalue weighted by atomic mass is 9.88. The molecular formula is C13H25NO3. The van der Waals surface area contributed by atoms with Gasteiger partial charge in [0.2, 0.25) is 0 Å². The number of aliphatic carboxylic acids is 1. The van der Waals surface area contributed by atoms with E-state index in [1.54, 1.807) is 13.8 Å². The highest BCUT2D eigenvalue weighted by Crippen LogP contribution is 2.22. The maximum Gasteiger partial charge on any atom is 0.309 e. The van der Waals surface area contributed by atoms with Crippen LogP contribution in [0.1, 0.15) is 40.0 Å². The molecule has 0 aromatic carbocycles. The first-order valence-corrected chi connectivity index (χ1v) is 6.49. The molecule has 0 bridgehead atoms.